The number of hydrogen-bond donors (Lipinski definition) is 1. The van der Waals surface area contributed by atoms with E-state index in [1.807, 2.05) is 11.6 Å². The van der Waals surface area contributed by atoms with Gasteiger partial charge in [0.1, 0.15) is 29.2 Å². The normalized spacial score (nSPS) is 12.2. The molecule has 0 aliphatic rings. The molecule has 0 radical (unpaired) electrons. The van der Waals surface area contributed by atoms with Gasteiger partial charge in [-0.25, -0.2) is 9.37 Å². The number of aromatic nitrogens is 2. The van der Waals surface area contributed by atoms with Crippen molar-refractivity contribution in [3.05, 3.63) is 77.0 Å². The Balaban J connectivity index is 1.96. The first-order valence-corrected chi connectivity index (χ1v) is 7.56. The molecule has 3 rings (SSSR count). The number of rotatable bonds is 4. The molecule has 2 heterocycles. The summed E-state index contributed by atoms with van der Waals surface area (Å²) in [6.07, 6.45) is 3.45. The number of imidazole rings is 1. The van der Waals surface area contributed by atoms with Gasteiger partial charge in [0.25, 0.3) is 5.91 Å². The van der Waals surface area contributed by atoms with Crippen molar-refractivity contribution in [2.24, 2.45) is 7.05 Å². The lowest BCUT2D eigenvalue weighted by Gasteiger charge is -2.19. The van der Waals surface area contributed by atoms with Gasteiger partial charge in [-0.2, -0.15) is 0 Å². The molecule has 2 aromatic heterocycles. The van der Waals surface area contributed by atoms with E-state index < -0.39 is 6.04 Å². The van der Waals surface area contributed by atoms with Crippen molar-refractivity contribution in [2.75, 3.05) is 0 Å². The van der Waals surface area contributed by atoms with E-state index in [0.717, 1.165) is 5.56 Å². The minimum Gasteiger partial charge on any atom is -0.466 e. The fraction of sp³-hybridized carbons (Fsp3) is 0.222. The molecule has 24 heavy (non-hydrogen) atoms. The number of carbonyl (C=O) groups is 1. The molecule has 0 spiro atoms. The van der Waals surface area contributed by atoms with E-state index in [0.29, 0.717) is 22.9 Å². The van der Waals surface area contributed by atoms with Crippen LogP contribution in [0, 0.1) is 19.7 Å². The molecule has 0 saturated carbocycles. The topological polar surface area (TPSA) is 60.1 Å². The molecule has 124 valence electrons. The van der Waals surface area contributed by atoms with E-state index in [-0.39, 0.29) is 11.7 Å². The van der Waals surface area contributed by atoms with Crippen molar-refractivity contribution in [3.63, 3.8) is 0 Å². The van der Waals surface area contributed by atoms with Crippen LogP contribution in [-0.4, -0.2) is 15.5 Å². The van der Waals surface area contributed by atoms with Gasteiger partial charge >= 0.3 is 0 Å². The average molecular weight is 327 g/mol. The Morgan fingerprint density at radius 1 is 1.29 bits per heavy atom. The Bertz CT molecular complexity index is 865. The second-order valence-corrected chi connectivity index (χ2v) is 5.68. The Morgan fingerprint density at radius 2 is 2.00 bits per heavy atom. The zero-order chi connectivity index (χ0) is 17.3. The molecule has 5 nitrogen and oxygen atoms in total. The summed E-state index contributed by atoms with van der Waals surface area (Å²) in [5, 5.41) is 2.96. The molecular weight excluding hydrogens is 309 g/mol. The predicted molar refractivity (Wildman–Crippen MR) is 87.1 cm³/mol. The van der Waals surface area contributed by atoms with Crippen LogP contribution in [0.15, 0.2) is 47.1 Å². The number of aryl methyl sites for hydroxylation is 3. The molecule has 0 bridgehead atoms. The van der Waals surface area contributed by atoms with Crippen LogP contribution in [0.4, 0.5) is 4.39 Å². The van der Waals surface area contributed by atoms with E-state index in [9.17, 15) is 9.18 Å². The molecule has 0 saturated heterocycles. The van der Waals surface area contributed by atoms with Gasteiger partial charge in [-0.05, 0) is 37.6 Å². The third-order valence-corrected chi connectivity index (χ3v) is 3.88. The van der Waals surface area contributed by atoms with E-state index in [1.165, 1.54) is 12.1 Å². The second-order valence-electron chi connectivity index (χ2n) is 5.68. The summed E-state index contributed by atoms with van der Waals surface area (Å²) in [5.41, 5.74) is 1.23. The molecule has 0 aliphatic heterocycles. The minimum atomic E-state index is -0.493. The van der Waals surface area contributed by atoms with Crippen molar-refractivity contribution in [1.29, 1.82) is 0 Å². The van der Waals surface area contributed by atoms with Gasteiger partial charge in [0, 0.05) is 19.4 Å². The molecule has 0 aliphatic carbocycles. The second kappa shape index (κ2) is 6.31. The molecule has 6 heteroatoms. The zero-order valence-corrected chi connectivity index (χ0v) is 13.7. The number of nitrogens with zero attached hydrogens (tertiary/aromatic N) is 2. The first kappa shape index (κ1) is 16.0. The quantitative estimate of drug-likeness (QED) is 0.800. The maximum atomic E-state index is 13.2. The van der Waals surface area contributed by atoms with Gasteiger partial charge in [-0.3, -0.25) is 4.79 Å². The van der Waals surface area contributed by atoms with E-state index >= 15 is 0 Å². The van der Waals surface area contributed by atoms with Crippen LogP contribution in [0.2, 0.25) is 0 Å². The number of hydrogen-bond acceptors (Lipinski definition) is 3. The summed E-state index contributed by atoms with van der Waals surface area (Å²) in [5.74, 6) is 1.30. The van der Waals surface area contributed by atoms with Crippen LogP contribution in [-0.2, 0) is 7.05 Å². The van der Waals surface area contributed by atoms with Gasteiger partial charge in [0.2, 0.25) is 0 Å². The molecule has 1 aromatic carbocycles. The fourth-order valence-corrected chi connectivity index (χ4v) is 2.67. The predicted octanol–water partition coefficient (Wildman–Crippen LogP) is 3.29. The molecule has 1 N–H and O–H groups in total. The van der Waals surface area contributed by atoms with Crippen LogP contribution in [0.1, 0.15) is 39.3 Å². The monoisotopic (exact) mass is 327 g/mol. The van der Waals surface area contributed by atoms with Gasteiger partial charge < -0.3 is 14.3 Å². The van der Waals surface area contributed by atoms with Gasteiger partial charge in [-0.1, -0.05) is 12.1 Å². The van der Waals surface area contributed by atoms with Crippen molar-refractivity contribution < 1.29 is 13.6 Å². The summed E-state index contributed by atoms with van der Waals surface area (Å²) in [6.45, 7) is 3.54. The first-order valence-electron chi connectivity index (χ1n) is 7.56. The average Bonchev–Trinajstić information content (AvgIpc) is 3.11. The fourth-order valence-electron chi connectivity index (χ4n) is 2.67. The molecule has 1 atom stereocenters. The van der Waals surface area contributed by atoms with E-state index in [2.05, 4.69) is 10.3 Å². The lowest BCUT2D eigenvalue weighted by molar-refractivity contribution is 0.0939. The highest BCUT2D eigenvalue weighted by atomic mass is 19.1. The van der Waals surface area contributed by atoms with Crippen LogP contribution >= 0.6 is 0 Å². The largest absolute Gasteiger partial charge is 0.466 e. The van der Waals surface area contributed by atoms with Crippen molar-refractivity contribution in [1.82, 2.24) is 14.9 Å². The lowest BCUT2D eigenvalue weighted by atomic mass is 10.1. The number of halogens is 1. The summed E-state index contributed by atoms with van der Waals surface area (Å²) in [4.78, 5) is 17.0. The zero-order valence-electron chi connectivity index (χ0n) is 13.7. The van der Waals surface area contributed by atoms with Crippen molar-refractivity contribution in [2.45, 2.75) is 19.9 Å². The SMILES string of the molecule is Cc1cc(C(=O)NC(c2ccc(F)cc2)c2nccn2C)c(C)o1. The van der Waals surface area contributed by atoms with Crippen LogP contribution in [0.25, 0.3) is 0 Å². The highest BCUT2D eigenvalue weighted by molar-refractivity contribution is 5.95. The maximum absolute atomic E-state index is 13.2. The van der Waals surface area contributed by atoms with Gasteiger partial charge in [-0.15, -0.1) is 0 Å². The third-order valence-electron chi connectivity index (χ3n) is 3.88. The third kappa shape index (κ3) is 3.08. The molecule has 0 fully saturated rings. The summed E-state index contributed by atoms with van der Waals surface area (Å²) in [7, 11) is 1.85. The van der Waals surface area contributed by atoms with E-state index in [1.54, 1.807) is 44.4 Å². The molecule has 1 unspecified atom stereocenters. The molecule has 3 aromatic rings. The Hall–Kier alpha value is -2.89. The Kier molecular flexibility index (Phi) is 4.20. The maximum Gasteiger partial charge on any atom is 0.255 e. The van der Waals surface area contributed by atoms with Crippen molar-refractivity contribution >= 4 is 5.91 Å². The number of nitrogens with one attached hydrogen (secondary N) is 1. The first-order chi connectivity index (χ1) is 11.5. The van der Waals surface area contributed by atoms with Crippen LogP contribution in [0.3, 0.4) is 0 Å². The minimum absolute atomic E-state index is 0.262. The smallest absolute Gasteiger partial charge is 0.255 e. The standard InChI is InChI=1S/C18H18FN3O2/c1-11-10-15(12(2)24-11)18(23)21-16(17-20-8-9-22(17)3)13-4-6-14(19)7-5-13/h4-10,16H,1-3H3,(H,21,23). The van der Waals surface area contributed by atoms with Crippen molar-refractivity contribution in [3.8, 4) is 0 Å². The summed E-state index contributed by atoms with van der Waals surface area (Å²) in [6, 6.07) is 7.22. The van der Waals surface area contributed by atoms with Crippen LogP contribution < -0.4 is 5.32 Å². The number of furan rings is 1. The molecular formula is C18H18FN3O2. The lowest BCUT2D eigenvalue weighted by Crippen LogP contribution is -2.31. The van der Waals surface area contributed by atoms with E-state index in [4.69, 9.17) is 4.42 Å². The summed E-state index contributed by atoms with van der Waals surface area (Å²) < 4.78 is 20.5. The Morgan fingerprint density at radius 3 is 2.54 bits per heavy atom. The van der Waals surface area contributed by atoms with Gasteiger partial charge in [0.15, 0.2) is 0 Å². The molecule has 1 amide bonds. The highest BCUT2D eigenvalue weighted by Crippen LogP contribution is 2.22. The number of carbonyl (C=O) groups excluding carboxylic acids is 1. The number of amides is 1. The Labute approximate surface area is 139 Å². The number of benzene rings is 1. The summed E-state index contributed by atoms with van der Waals surface area (Å²) >= 11 is 0. The highest BCUT2D eigenvalue weighted by Gasteiger charge is 2.23. The van der Waals surface area contributed by atoms with Crippen LogP contribution in [0.5, 0.6) is 0 Å². The van der Waals surface area contributed by atoms with Gasteiger partial charge in [0.05, 0.1) is 5.56 Å².